The molecule has 4 aromatic rings. The minimum Gasteiger partial charge on any atom is -0.366 e. The van der Waals surface area contributed by atoms with E-state index >= 15 is 0 Å². The molecule has 1 aliphatic rings. The van der Waals surface area contributed by atoms with E-state index < -0.39 is 5.91 Å². The first-order valence-electron chi connectivity index (χ1n) is 9.79. The molecule has 154 valence electrons. The normalized spacial score (nSPS) is 13.1. The zero-order chi connectivity index (χ0) is 21.7. The highest BCUT2D eigenvalue weighted by Gasteiger charge is 2.30. The van der Waals surface area contributed by atoms with Crippen molar-refractivity contribution in [3.8, 4) is 22.5 Å². The van der Waals surface area contributed by atoms with Gasteiger partial charge in [0, 0.05) is 36.3 Å². The Labute approximate surface area is 178 Å². The molecule has 0 unspecified atom stereocenters. The van der Waals surface area contributed by atoms with Gasteiger partial charge in [-0.05, 0) is 41.0 Å². The Morgan fingerprint density at radius 2 is 2.03 bits per heavy atom. The molecule has 0 saturated carbocycles. The van der Waals surface area contributed by atoms with Gasteiger partial charge in [-0.25, -0.2) is 0 Å². The number of primary amides is 1. The molecule has 0 fully saturated rings. The van der Waals surface area contributed by atoms with E-state index in [0.29, 0.717) is 12.1 Å². The Balaban J connectivity index is 1.56. The summed E-state index contributed by atoms with van der Waals surface area (Å²) in [6, 6.07) is 13.7. The van der Waals surface area contributed by atoms with Crippen LogP contribution in [0.25, 0.3) is 33.4 Å². The number of aryl methyl sites for hydroxylation is 1. The van der Waals surface area contributed by atoms with Crippen molar-refractivity contribution < 1.29 is 9.59 Å². The Morgan fingerprint density at radius 3 is 2.77 bits per heavy atom. The molecule has 5 rings (SSSR count). The third-order valence-electron chi connectivity index (χ3n) is 5.60. The van der Waals surface area contributed by atoms with Crippen molar-refractivity contribution in [2.75, 3.05) is 6.54 Å². The Hall–Kier alpha value is -4.20. The maximum Gasteiger partial charge on any atom is 0.254 e. The molecular weight excluding hydrogens is 392 g/mol. The van der Waals surface area contributed by atoms with Crippen LogP contribution in [0.5, 0.6) is 0 Å². The van der Waals surface area contributed by atoms with E-state index in [-0.39, 0.29) is 18.0 Å². The molecule has 3 heterocycles. The number of rotatable bonds is 5. The highest BCUT2D eigenvalue weighted by Crippen LogP contribution is 2.35. The van der Waals surface area contributed by atoms with Crippen molar-refractivity contribution in [2.45, 2.75) is 6.54 Å². The number of nitrogens with zero attached hydrogens (tertiary/aromatic N) is 4. The van der Waals surface area contributed by atoms with Gasteiger partial charge in [-0.1, -0.05) is 24.8 Å². The molecule has 0 bridgehead atoms. The number of aromatic amines is 1. The van der Waals surface area contributed by atoms with Gasteiger partial charge in [-0.3, -0.25) is 19.4 Å². The largest absolute Gasteiger partial charge is 0.366 e. The monoisotopic (exact) mass is 412 g/mol. The lowest BCUT2D eigenvalue weighted by atomic mass is 9.95. The van der Waals surface area contributed by atoms with Crippen LogP contribution in [0.4, 0.5) is 0 Å². The van der Waals surface area contributed by atoms with Crippen LogP contribution in [-0.4, -0.2) is 43.2 Å². The van der Waals surface area contributed by atoms with Crippen LogP contribution in [0.3, 0.4) is 0 Å². The SMILES string of the molecule is C=C(CN1Cc2c(cccc2-c2ccc3[nH]nc(-c4ccn(C)n4)c3c2)C1=O)C(N)=O. The van der Waals surface area contributed by atoms with Gasteiger partial charge < -0.3 is 10.6 Å². The van der Waals surface area contributed by atoms with Gasteiger partial charge in [0.15, 0.2) is 0 Å². The van der Waals surface area contributed by atoms with Gasteiger partial charge in [0.25, 0.3) is 5.91 Å². The van der Waals surface area contributed by atoms with Gasteiger partial charge in [0.05, 0.1) is 12.1 Å². The van der Waals surface area contributed by atoms with Crippen molar-refractivity contribution in [1.82, 2.24) is 24.9 Å². The lowest BCUT2D eigenvalue weighted by Gasteiger charge is -2.15. The number of amides is 2. The average molecular weight is 412 g/mol. The molecule has 0 aliphatic carbocycles. The number of aromatic nitrogens is 4. The summed E-state index contributed by atoms with van der Waals surface area (Å²) in [6.07, 6.45) is 1.88. The fraction of sp³-hybridized carbons (Fsp3) is 0.130. The number of nitrogens with one attached hydrogen (secondary N) is 1. The van der Waals surface area contributed by atoms with Crippen LogP contribution in [0.2, 0.25) is 0 Å². The Morgan fingerprint density at radius 1 is 1.23 bits per heavy atom. The number of hydrogen-bond donors (Lipinski definition) is 2. The van der Waals surface area contributed by atoms with Gasteiger partial charge in [-0.2, -0.15) is 10.2 Å². The van der Waals surface area contributed by atoms with Gasteiger partial charge in [0.2, 0.25) is 5.91 Å². The summed E-state index contributed by atoms with van der Waals surface area (Å²) in [5.41, 5.74) is 11.5. The predicted octanol–water partition coefficient (Wildman–Crippen LogP) is 2.63. The molecule has 31 heavy (non-hydrogen) atoms. The third-order valence-corrected chi connectivity index (χ3v) is 5.60. The van der Waals surface area contributed by atoms with Gasteiger partial charge >= 0.3 is 0 Å². The maximum absolute atomic E-state index is 12.9. The number of carbonyl (C=O) groups is 2. The van der Waals surface area contributed by atoms with E-state index in [9.17, 15) is 9.59 Å². The molecular formula is C23H20N6O2. The standard InChI is InChI=1S/C23H20N6O2/c1-13(22(24)30)11-29-12-18-15(4-3-5-16(18)23(29)31)14-6-7-19-17(10-14)21(26-25-19)20-8-9-28(2)27-20/h3-10H,1,11-12H2,2H3,(H2,24,30)(H,25,26). The van der Waals surface area contributed by atoms with E-state index in [4.69, 9.17) is 5.73 Å². The molecule has 1 aliphatic heterocycles. The van der Waals surface area contributed by atoms with Crippen LogP contribution in [0.1, 0.15) is 15.9 Å². The number of fused-ring (bicyclic) bond motifs is 2. The summed E-state index contributed by atoms with van der Waals surface area (Å²) in [7, 11) is 1.87. The van der Waals surface area contributed by atoms with E-state index in [1.807, 2.05) is 49.6 Å². The van der Waals surface area contributed by atoms with Crippen molar-refractivity contribution in [1.29, 1.82) is 0 Å². The van der Waals surface area contributed by atoms with Crippen molar-refractivity contribution in [3.63, 3.8) is 0 Å². The summed E-state index contributed by atoms with van der Waals surface area (Å²) >= 11 is 0. The first kappa shape index (κ1) is 18.8. The number of benzene rings is 2. The first-order valence-corrected chi connectivity index (χ1v) is 9.79. The second-order valence-corrected chi connectivity index (χ2v) is 7.67. The van der Waals surface area contributed by atoms with E-state index in [1.165, 1.54) is 0 Å². The molecule has 0 radical (unpaired) electrons. The lowest BCUT2D eigenvalue weighted by molar-refractivity contribution is -0.114. The molecule has 0 atom stereocenters. The van der Waals surface area contributed by atoms with Gasteiger partial charge in [0.1, 0.15) is 11.4 Å². The summed E-state index contributed by atoms with van der Waals surface area (Å²) in [5.74, 6) is -0.728. The number of H-pyrrole nitrogens is 1. The molecule has 2 amide bonds. The molecule has 8 heteroatoms. The zero-order valence-corrected chi connectivity index (χ0v) is 16.9. The van der Waals surface area contributed by atoms with Crippen LogP contribution < -0.4 is 5.73 Å². The molecule has 2 aromatic carbocycles. The maximum atomic E-state index is 12.9. The van der Waals surface area contributed by atoms with Gasteiger partial charge in [-0.15, -0.1) is 0 Å². The van der Waals surface area contributed by atoms with Crippen LogP contribution in [-0.2, 0) is 18.4 Å². The fourth-order valence-corrected chi connectivity index (χ4v) is 4.02. The van der Waals surface area contributed by atoms with Crippen LogP contribution in [0, 0.1) is 0 Å². The van der Waals surface area contributed by atoms with E-state index in [0.717, 1.165) is 39.0 Å². The average Bonchev–Trinajstić information content (AvgIpc) is 3.45. The summed E-state index contributed by atoms with van der Waals surface area (Å²) in [5, 5.41) is 12.9. The predicted molar refractivity (Wildman–Crippen MR) is 117 cm³/mol. The molecule has 2 aromatic heterocycles. The lowest BCUT2D eigenvalue weighted by Crippen LogP contribution is -2.30. The van der Waals surface area contributed by atoms with Crippen LogP contribution in [0.15, 0.2) is 60.8 Å². The number of nitrogens with two attached hydrogens (primary N) is 1. The molecule has 0 spiro atoms. The highest BCUT2D eigenvalue weighted by molar-refractivity contribution is 6.02. The summed E-state index contributed by atoms with van der Waals surface area (Å²) in [6.45, 7) is 4.19. The number of hydrogen-bond acceptors (Lipinski definition) is 4. The molecule has 8 nitrogen and oxygen atoms in total. The Bertz CT molecular complexity index is 1380. The zero-order valence-electron chi connectivity index (χ0n) is 16.9. The van der Waals surface area contributed by atoms with E-state index in [2.05, 4.69) is 27.9 Å². The molecule has 0 saturated heterocycles. The Kier molecular flexibility index (Phi) is 4.21. The smallest absolute Gasteiger partial charge is 0.254 e. The minimum absolute atomic E-state index is 0.118. The minimum atomic E-state index is -0.601. The second kappa shape index (κ2) is 6.94. The van der Waals surface area contributed by atoms with E-state index in [1.54, 1.807) is 9.58 Å². The summed E-state index contributed by atoms with van der Waals surface area (Å²) < 4.78 is 1.74. The van der Waals surface area contributed by atoms with Crippen LogP contribution >= 0.6 is 0 Å². The first-order chi connectivity index (χ1) is 14.9. The quantitative estimate of drug-likeness (QED) is 0.491. The number of carbonyl (C=O) groups excluding carboxylic acids is 2. The topological polar surface area (TPSA) is 110 Å². The van der Waals surface area contributed by atoms with Crippen molar-refractivity contribution in [2.24, 2.45) is 12.8 Å². The third kappa shape index (κ3) is 3.09. The van der Waals surface area contributed by atoms with Crippen molar-refractivity contribution in [3.05, 3.63) is 71.9 Å². The summed E-state index contributed by atoms with van der Waals surface area (Å²) in [4.78, 5) is 25.8. The highest BCUT2D eigenvalue weighted by atomic mass is 16.2. The van der Waals surface area contributed by atoms with Crippen molar-refractivity contribution >= 4 is 22.7 Å². The molecule has 3 N–H and O–H groups in total. The second-order valence-electron chi connectivity index (χ2n) is 7.67. The fourth-order valence-electron chi connectivity index (χ4n) is 4.02.